The van der Waals surface area contributed by atoms with Gasteiger partial charge in [0.2, 0.25) is 5.82 Å². The quantitative estimate of drug-likeness (QED) is 0.625. The molecule has 6 nitrogen and oxygen atoms in total. The van der Waals surface area contributed by atoms with Crippen molar-refractivity contribution in [3.8, 4) is 23.0 Å². The molecule has 1 aromatic heterocycles. The summed E-state index contributed by atoms with van der Waals surface area (Å²) < 4.78 is 0. The largest absolute Gasteiger partial charge is 0.507 e. The van der Waals surface area contributed by atoms with Crippen LogP contribution < -0.4 is 5.73 Å². The van der Waals surface area contributed by atoms with Crippen molar-refractivity contribution in [3.05, 3.63) is 24.3 Å². The summed E-state index contributed by atoms with van der Waals surface area (Å²) in [4.78, 5) is 3.70. The third-order valence-corrected chi connectivity index (χ3v) is 1.84. The van der Waals surface area contributed by atoms with Gasteiger partial charge in [0.05, 0.1) is 5.56 Å². The Morgan fingerprint density at radius 1 is 1.07 bits per heavy atom. The number of hydrogen-bond acceptors (Lipinski definition) is 6. The zero-order valence-electron chi connectivity index (χ0n) is 7.62. The molecule has 1 heterocycles. The van der Waals surface area contributed by atoms with Crippen LogP contribution in [0.2, 0.25) is 0 Å². The van der Waals surface area contributed by atoms with Crippen LogP contribution >= 0.6 is 0 Å². The Hall–Kier alpha value is -2.37. The zero-order chi connectivity index (χ0) is 10.8. The Labute approximate surface area is 85.0 Å². The minimum atomic E-state index is -0.400. The molecule has 4 N–H and O–H groups in total. The molecule has 0 radical (unpaired) electrons. The van der Waals surface area contributed by atoms with Crippen LogP contribution in [0.3, 0.4) is 0 Å². The molecule has 15 heavy (non-hydrogen) atoms. The van der Waals surface area contributed by atoms with Crippen LogP contribution in [-0.2, 0) is 0 Å². The number of phenolic OH excluding ortho intramolecular Hbond substituents is 1. The molecule has 0 bridgehead atoms. The zero-order valence-corrected chi connectivity index (χ0v) is 7.62. The van der Waals surface area contributed by atoms with Gasteiger partial charge in [-0.1, -0.05) is 12.1 Å². The minimum absolute atomic E-state index is 0.0171. The molecule has 6 heteroatoms. The first-order chi connectivity index (χ1) is 7.18. The van der Waals surface area contributed by atoms with Crippen LogP contribution in [0.25, 0.3) is 11.4 Å². The van der Waals surface area contributed by atoms with Crippen molar-refractivity contribution >= 4 is 5.82 Å². The number of rotatable bonds is 1. The van der Waals surface area contributed by atoms with Gasteiger partial charge in [-0.2, -0.15) is 4.98 Å². The van der Waals surface area contributed by atoms with Crippen LogP contribution in [0, 0.1) is 0 Å². The number of para-hydroxylation sites is 1. The van der Waals surface area contributed by atoms with E-state index in [2.05, 4.69) is 15.2 Å². The molecule has 2 aromatic rings. The summed E-state index contributed by atoms with van der Waals surface area (Å²) in [7, 11) is 0. The van der Waals surface area contributed by atoms with Gasteiger partial charge in [0.1, 0.15) is 5.75 Å². The van der Waals surface area contributed by atoms with E-state index in [-0.39, 0.29) is 17.4 Å². The Kier molecular flexibility index (Phi) is 2.09. The van der Waals surface area contributed by atoms with E-state index in [1.54, 1.807) is 18.2 Å². The number of phenols is 1. The van der Waals surface area contributed by atoms with Crippen molar-refractivity contribution in [2.24, 2.45) is 0 Å². The standard InChI is InChI=1S/C9H8N4O2/c10-7-9(15)11-8(13-12-7)5-3-1-2-4-6(5)14/h1-4,14H,(H2,10,12)(H,11,13,15). The predicted molar refractivity (Wildman–Crippen MR) is 53.0 cm³/mol. The molecule has 0 aliphatic heterocycles. The second-order valence-corrected chi connectivity index (χ2v) is 2.86. The molecular weight excluding hydrogens is 196 g/mol. The third kappa shape index (κ3) is 1.64. The van der Waals surface area contributed by atoms with Crippen molar-refractivity contribution in [2.75, 3.05) is 5.73 Å². The normalized spacial score (nSPS) is 10.1. The molecule has 0 atom stereocenters. The summed E-state index contributed by atoms with van der Waals surface area (Å²) >= 11 is 0. The summed E-state index contributed by atoms with van der Waals surface area (Å²) in [6.07, 6.45) is 0. The molecule has 0 aliphatic rings. The van der Waals surface area contributed by atoms with Crippen molar-refractivity contribution in [1.29, 1.82) is 0 Å². The Bertz CT molecular complexity index is 501. The lowest BCUT2D eigenvalue weighted by Crippen LogP contribution is -1.98. The van der Waals surface area contributed by atoms with E-state index < -0.39 is 5.88 Å². The van der Waals surface area contributed by atoms with Crippen LogP contribution in [-0.4, -0.2) is 25.4 Å². The van der Waals surface area contributed by atoms with Gasteiger partial charge >= 0.3 is 0 Å². The highest BCUT2D eigenvalue weighted by molar-refractivity contribution is 5.63. The molecule has 0 aliphatic carbocycles. The molecule has 0 fully saturated rings. The maximum absolute atomic E-state index is 9.50. The van der Waals surface area contributed by atoms with Gasteiger partial charge < -0.3 is 15.9 Å². The second kappa shape index (κ2) is 3.41. The Morgan fingerprint density at radius 2 is 1.80 bits per heavy atom. The number of nitrogens with two attached hydrogens (primary N) is 1. The lowest BCUT2D eigenvalue weighted by atomic mass is 10.2. The van der Waals surface area contributed by atoms with E-state index in [0.717, 1.165) is 0 Å². The van der Waals surface area contributed by atoms with E-state index in [0.29, 0.717) is 5.56 Å². The van der Waals surface area contributed by atoms with Gasteiger partial charge in [-0.3, -0.25) is 0 Å². The van der Waals surface area contributed by atoms with Crippen molar-refractivity contribution in [2.45, 2.75) is 0 Å². The Morgan fingerprint density at radius 3 is 2.47 bits per heavy atom. The van der Waals surface area contributed by atoms with Gasteiger partial charge in [-0.05, 0) is 12.1 Å². The summed E-state index contributed by atoms with van der Waals surface area (Å²) in [5.41, 5.74) is 5.65. The summed E-state index contributed by atoms with van der Waals surface area (Å²) in [6, 6.07) is 6.49. The highest BCUT2D eigenvalue weighted by Gasteiger charge is 2.09. The highest BCUT2D eigenvalue weighted by Crippen LogP contribution is 2.26. The average molecular weight is 204 g/mol. The van der Waals surface area contributed by atoms with E-state index in [1.165, 1.54) is 6.07 Å². The summed E-state index contributed by atoms with van der Waals surface area (Å²) in [6.45, 7) is 0. The molecule has 0 amide bonds. The van der Waals surface area contributed by atoms with E-state index >= 15 is 0 Å². The first-order valence-corrected chi connectivity index (χ1v) is 4.16. The lowest BCUT2D eigenvalue weighted by molar-refractivity contribution is 0.451. The molecular formula is C9H8N4O2. The fourth-order valence-electron chi connectivity index (χ4n) is 1.10. The van der Waals surface area contributed by atoms with Gasteiger partial charge in [0, 0.05) is 0 Å². The lowest BCUT2D eigenvalue weighted by Gasteiger charge is -2.02. The number of nitrogens with zero attached hydrogens (tertiary/aromatic N) is 3. The summed E-state index contributed by atoms with van der Waals surface area (Å²) in [5.74, 6) is -0.402. The van der Waals surface area contributed by atoms with Crippen LogP contribution in [0.1, 0.15) is 0 Å². The number of aromatic hydroxyl groups is 2. The SMILES string of the molecule is Nc1nnc(-c2ccccc2O)nc1O. The fraction of sp³-hybridized carbons (Fsp3) is 0. The molecule has 2 rings (SSSR count). The maximum atomic E-state index is 9.50. The number of benzene rings is 1. The Balaban J connectivity index is 2.55. The van der Waals surface area contributed by atoms with Crippen molar-refractivity contribution < 1.29 is 10.2 Å². The smallest absolute Gasteiger partial charge is 0.258 e. The van der Waals surface area contributed by atoms with Gasteiger partial charge in [-0.15, -0.1) is 10.2 Å². The predicted octanol–water partition coefficient (Wildman–Crippen LogP) is 0.532. The molecule has 0 spiro atoms. The van der Waals surface area contributed by atoms with Crippen LogP contribution in [0.15, 0.2) is 24.3 Å². The molecule has 0 saturated carbocycles. The number of aromatic nitrogens is 3. The minimum Gasteiger partial charge on any atom is -0.507 e. The molecule has 0 unspecified atom stereocenters. The van der Waals surface area contributed by atoms with Gasteiger partial charge in [-0.25, -0.2) is 0 Å². The average Bonchev–Trinajstić information content (AvgIpc) is 2.23. The highest BCUT2D eigenvalue weighted by atomic mass is 16.3. The monoisotopic (exact) mass is 204 g/mol. The number of anilines is 1. The van der Waals surface area contributed by atoms with Crippen molar-refractivity contribution in [3.63, 3.8) is 0 Å². The topological polar surface area (TPSA) is 105 Å². The first-order valence-electron chi connectivity index (χ1n) is 4.16. The first kappa shape index (κ1) is 9.20. The van der Waals surface area contributed by atoms with E-state index in [9.17, 15) is 10.2 Å². The number of hydrogen-bond donors (Lipinski definition) is 3. The molecule has 1 aromatic carbocycles. The second-order valence-electron chi connectivity index (χ2n) is 2.86. The summed E-state index contributed by atoms with van der Waals surface area (Å²) in [5, 5.41) is 25.9. The third-order valence-electron chi connectivity index (χ3n) is 1.84. The van der Waals surface area contributed by atoms with E-state index in [4.69, 9.17) is 5.73 Å². The van der Waals surface area contributed by atoms with E-state index in [1.807, 2.05) is 0 Å². The van der Waals surface area contributed by atoms with Gasteiger partial charge in [0.15, 0.2) is 5.82 Å². The fourth-order valence-corrected chi connectivity index (χ4v) is 1.10. The number of nitrogen functional groups attached to an aromatic ring is 1. The molecule has 76 valence electrons. The maximum Gasteiger partial charge on any atom is 0.258 e. The molecule has 0 saturated heterocycles. The van der Waals surface area contributed by atoms with Crippen LogP contribution in [0.4, 0.5) is 5.82 Å². The van der Waals surface area contributed by atoms with Crippen LogP contribution in [0.5, 0.6) is 11.6 Å². The van der Waals surface area contributed by atoms with Gasteiger partial charge in [0.25, 0.3) is 5.88 Å². The van der Waals surface area contributed by atoms with Crippen molar-refractivity contribution in [1.82, 2.24) is 15.2 Å².